The first-order valence-corrected chi connectivity index (χ1v) is 6.56. The molecule has 7 heteroatoms. The van der Waals surface area contributed by atoms with E-state index in [0.29, 0.717) is 13.0 Å². The first-order valence-electron chi connectivity index (χ1n) is 4.95. The van der Waals surface area contributed by atoms with E-state index in [1.165, 1.54) is 25.4 Å². The van der Waals surface area contributed by atoms with Gasteiger partial charge >= 0.3 is 0 Å². The number of rotatable bonds is 4. The minimum atomic E-state index is -3.03. The second-order valence-electron chi connectivity index (χ2n) is 3.16. The first kappa shape index (κ1) is 15.5. The highest BCUT2D eigenvalue weighted by atomic mass is 32.2. The summed E-state index contributed by atoms with van der Waals surface area (Å²) in [7, 11) is -0.0352. The van der Waals surface area contributed by atoms with Crippen molar-refractivity contribution in [3.8, 4) is 0 Å². The number of carbonyl (C=O) groups is 1. The van der Waals surface area contributed by atoms with E-state index in [0.717, 1.165) is 6.29 Å². The molecule has 1 rings (SSSR count). The third-order valence-electron chi connectivity index (χ3n) is 2.08. The highest BCUT2D eigenvalue weighted by Gasteiger charge is 2.30. The van der Waals surface area contributed by atoms with Gasteiger partial charge in [-0.3, -0.25) is 0 Å². The molecular weight excluding hydrogens is 234 g/mol. The van der Waals surface area contributed by atoms with Crippen molar-refractivity contribution in [3.63, 3.8) is 0 Å². The fraction of sp³-hybridized carbons (Fsp3) is 0.889. The SMILES string of the molecule is CC=O.COC(CN1CCCS1(=O)=O)OC. The van der Waals surface area contributed by atoms with Gasteiger partial charge in [0.1, 0.15) is 6.29 Å². The Bertz CT molecular complexity index is 286. The summed E-state index contributed by atoms with van der Waals surface area (Å²) in [6.45, 7) is 2.31. The van der Waals surface area contributed by atoms with Crippen molar-refractivity contribution < 1.29 is 22.7 Å². The summed E-state index contributed by atoms with van der Waals surface area (Å²) in [6.07, 6.45) is 0.982. The van der Waals surface area contributed by atoms with E-state index in [2.05, 4.69) is 0 Å². The fourth-order valence-electron chi connectivity index (χ4n) is 1.31. The zero-order valence-electron chi connectivity index (χ0n) is 9.88. The predicted octanol–water partition coefficient (Wildman–Crippen LogP) is -0.154. The van der Waals surface area contributed by atoms with E-state index < -0.39 is 16.3 Å². The number of nitrogens with zero attached hydrogens (tertiary/aromatic N) is 1. The van der Waals surface area contributed by atoms with Gasteiger partial charge in [0.05, 0.1) is 12.3 Å². The van der Waals surface area contributed by atoms with Crippen LogP contribution in [0.25, 0.3) is 0 Å². The Hall–Kier alpha value is -0.500. The van der Waals surface area contributed by atoms with Crippen LogP contribution in [0.5, 0.6) is 0 Å². The standard InChI is InChI=1S/C7H15NO4S.C2H4O/c1-11-7(12-2)6-8-4-3-5-13(8,9)10;1-2-3/h7H,3-6H2,1-2H3;2H,1H3. The molecule has 0 aromatic heterocycles. The van der Waals surface area contributed by atoms with Crippen molar-refractivity contribution in [2.75, 3.05) is 33.1 Å². The Morgan fingerprint density at radius 3 is 2.19 bits per heavy atom. The van der Waals surface area contributed by atoms with Gasteiger partial charge < -0.3 is 14.3 Å². The Morgan fingerprint density at radius 2 is 1.88 bits per heavy atom. The number of hydrogen-bond donors (Lipinski definition) is 0. The lowest BCUT2D eigenvalue weighted by molar-refractivity contribution is -0.107. The summed E-state index contributed by atoms with van der Waals surface area (Å²) in [4.78, 5) is 8.81. The largest absolute Gasteiger partial charge is 0.355 e. The molecule has 0 spiro atoms. The maximum atomic E-state index is 11.3. The van der Waals surface area contributed by atoms with Gasteiger partial charge in [0.25, 0.3) is 0 Å². The lowest BCUT2D eigenvalue weighted by Gasteiger charge is -2.19. The molecule has 0 N–H and O–H groups in total. The molecular formula is C9H19NO5S. The third-order valence-corrected chi connectivity index (χ3v) is 4.00. The number of aldehydes is 1. The molecule has 0 radical (unpaired) electrons. The summed E-state index contributed by atoms with van der Waals surface area (Å²) in [6, 6.07) is 0. The maximum absolute atomic E-state index is 11.3. The summed E-state index contributed by atoms with van der Waals surface area (Å²) in [5.41, 5.74) is 0. The van der Waals surface area contributed by atoms with Crippen LogP contribution in [0.4, 0.5) is 0 Å². The van der Waals surface area contributed by atoms with E-state index >= 15 is 0 Å². The molecule has 1 fully saturated rings. The average Bonchev–Trinajstić information content (AvgIpc) is 2.55. The number of carbonyl (C=O) groups excluding carboxylic acids is 1. The molecule has 0 aromatic rings. The maximum Gasteiger partial charge on any atom is 0.214 e. The molecule has 16 heavy (non-hydrogen) atoms. The topological polar surface area (TPSA) is 72.9 Å². The van der Waals surface area contributed by atoms with Gasteiger partial charge in [0.2, 0.25) is 10.0 Å². The fourth-order valence-corrected chi connectivity index (χ4v) is 2.82. The summed E-state index contributed by atoms with van der Waals surface area (Å²) < 4.78 is 33.9. The number of sulfonamides is 1. The van der Waals surface area contributed by atoms with Crippen LogP contribution in [0.3, 0.4) is 0 Å². The number of hydrogen-bond acceptors (Lipinski definition) is 5. The second-order valence-corrected chi connectivity index (χ2v) is 5.25. The van der Waals surface area contributed by atoms with Crippen LogP contribution in [-0.2, 0) is 24.3 Å². The van der Waals surface area contributed by atoms with Crippen LogP contribution in [0, 0.1) is 0 Å². The van der Waals surface area contributed by atoms with Crippen molar-refractivity contribution in [2.24, 2.45) is 0 Å². The smallest absolute Gasteiger partial charge is 0.214 e. The first-order chi connectivity index (χ1) is 7.51. The van der Waals surface area contributed by atoms with Crippen LogP contribution >= 0.6 is 0 Å². The molecule has 0 saturated carbocycles. The van der Waals surface area contributed by atoms with Crippen molar-refractivity contribution in [3.05, 3.63) is 0 Å². The van der Waals surface area contributed by atoms with Crippen molar-refractivity contribution in [2.45, 2.75) is 19.6 Å². The lowest BCUT2D eigenvalue weighted by Crippen LogP contribution is -2.35. The summed E-state index contributed by atoms with van der Waals surface area (Å²) in [5.74, 6) is 0.243. The molecule has 1 aliphatic rings. The van der Waals surface area contributed by atoms with Gasteiger partial charge in [-0.2, -0.15) is 4.31 Å². The zero-order valence-corrected chi connectivity index (χ0v) is 10.7. The van der Waals surface area contributed by atoms with Gasteiger partial charge in [-0.1, -0.05) is 0 Å². The third kappa shape index (κ3) is 5.02. The number of ether oxygens (including phenoxy) is 2. The highest BCUT2D eigenvalue weighted by molar-refractivity contribution is 7.89. The van der Waals surface area contributed by atoms with E-state index in [1.54, 1.807) is 0 Å². The molecule has 1 saturated heterocycles. The molecule has 6 nitrogen and oxygen atoms in total. The van der Waals surface area contributed by atoms with Gasteiger partial charge in [-0.25, -0.2) is 8.42 Å². The van der Waals surface area contributed by atoms with E-state index in [4.69, 9.17) is 14.3 Å². The molecule has 0 amide bonds. The van der Waals surface area contributed by atoms with Crippen molar-refractivity contribution >= 4 is 16.3 Å². The Kier molecular flexibility index (Phi) is 7.48. The van der Waals surface area contributed by atoms with Crippen molar-refractivity contribution in [1.82, 2.24) is 4.31 Å². The van der Waals surface area contributed by atoms with E-state index in [-0.39, 0.29) is 12.3 Å². The molecule has 0 unspecified atom stereocenters. The Labute approximate surface area is 96.6 Å². The minimum Gasteiger partial charge on any atom is -0.355 e. The van der Waals surface area contributed by atoms with E-state index in [1.807, 2.05) is 0 Å². The molecule has 1 heterocycles. The van der Waals surface area contributed by atoms with Gasteiger partial charge in [0, 0.05) is 20.8 Å². The predicted molar refractivity (Wildman–Crippen MR) is 59.5 cm³/mol. The highest BCUT2D eigenvalue weighted by Crippen LogP contribution is 2.14. The summed E-state index contributed by atoms with van der Waals surface area (Å²) in [5, 5.41) is 0. The van der Waals surface area contributed by atoms with Gasteiger partial charge in [-0.05, 0) is 13.3 Å². The lowest BCUT2D eigenvalue weighted by atomic mass is 10.5. The van der Waals surface area contributed by atoms with Crippen LogP contribution in [0.15, 0.2) is 0 Å². The van der Waals surface area contributed by atoms with Crippen LogP contribution < -0.4 is 0 Å². The summed E-state index contributed by atoms with van der Waals surface area (Å²) >= 11 is 0. The molecule has 0 atom stereocenters. The minimum absolute atomic E-state index is 0.243. The van der Waals surface area contributed by atoms with Gasteiger partial charge in [0.15, 0.2) is 6.29 Å². The monoisotopic (exact) mass is 253 g/mol. The van der Waals surface area contributed by atoms with Crippen LogP contribution in [0.2, 0.25) is 0 Å². The van der Waals surface area contributed by atoms with E-state index in [9.17, 15) is 8.42 Å². The molecule has 0 aliphatic carbocycles. The van der Waals surface area contributed by atoms with Crippen molar-refractivity contribution in [1.29, 1.82) is 0 Å². The second kappa shape index (κ2) is 7.72. The zero-order chi connectivity index (χ0) is 12.6. The molecule has 0 aromatic carbocycles. The van der Waals surface area contributed by atoms with Gasteiger partial charge in [-0.15, -0.1) is 0 Å². The Morgan fingerprint density at radius 1 is 1.38 bits per heavy atom. The molecule has 1 aliphatic heterocycles. The normalized spacial score (nSPS) is 19.2. The average molecular weight is 253 g/mol. The van der Waals surface area contributed by atoms with Crippen LogP contribution in [0.1, 0.15) is 13.3 Å². The quantitative estimate of drug-likeness (QED) is 0.514. The molecule has 96 valence electrons. The van der Waals surface area contributed by atoms with Crippen LogP contribution in [-0.4, -0.2) is 58.4 Å². The Balaban J connectivity index is 0.000000673. The molecule has 0 bridgehead atoms. The number of methoxy groups -OCH3 is 2.